The van der Waals surface area contributed by atoms with Crippen LogP contribution in [0.5, 0.6) is 11.5 Å². The van der Waals surface area contributed by atoms with E-state index in [2.05, 4.69) is 0 Å². The molecule has 3 aromatic rings. The van der Waals surface area contributed by atoms with Crippen molar-refractivity contribution in [2.75, 3.05) is 0 Å². The number of aliphatic hydroxyl groups excluding tert-OH is 1. The molecular formula is C24H21FO5. The predicted molar refractivity (Wildman–Crippen MR) is 109 cm³/mol. The number of rotatable bonds is 5. The SMILES string of the molecule is O=C(O)C[C@@H](O)c1ccc2c(c1)OC(c1ccc(-c3cc(O)ccc3F)cc1)CC2. The molecule has 4 rings (SSSR count). The molecule has 5 nitrogen and oxygen atoms in total. The third kappa shape index (κ3) is 4.14. The average molecular weight is 408 g/mol. The van der Waals surface area contributed by atoms with Gasteiger partial charge in [0.25, 0.3) is 0 Å². The zero-order valence-electron chi connectivity index (χ0n) is 16.1. The lowest BCUT2D eigenvalue weighted by atomic mass is 9.94. The maximum absolute atomic E-state index is 14.1. The van der Waals surface area contributed by atoms with Gasteiger partial charge in [-0.15, -0.1) is 0 Å². The normalized spacial score (nSPS) is 16.4. The number of ether oxygens (including phenoxy) is 1. The highest BCUT2D eigenvalue weighted by molar-refractivity contribution is 5.68. The Hall–Kier alpha value is -3.38. The summed E-state index contributed by atoms with van der Waals surface area (Å²) in [7, 11) is 0. The minimum Gasteiger partial charge on any atom is -0.508 e. The molecule has 6 heteroatoms. The van der Waals surface area contributed by atoms with Crippen LogP contribution in [0.3, 0.4) is 0 Å². The van der Waals surface area contributed by atoms with E-state index in [0.717, 1.165) is 24.0 Å². The molecule has 0 aliphatic carbocycles. The molecule has 0 spiro atoms. The number of phenolic OH excluding ortho intramolecular Hbond substituents is 1. The first-order chi connectivity index (χ1) is 14.4. The maximum Gasteiger partial charge on any atom is 0.306 e. The van der Waals surface area contributed by atoms with Crippen molar-refractivity contribution in [1.82, 2.24) is 0 Å². The summed E-state index contributed by atoms with van der Waals surface area (Å²) in [4.78, 5) is 10.8. The van der Waals surface area contributed by atoms with Gasteiger partial charge >= 0.3 is 5.97 Å². The molecule has 3 aromatic carbocycles. The fourth-order valence-corrected chi connectivity index (χ4v) is 3.72. The molecule has 0 fully saturated rings. The fraction of sp³-hybridized carbons (Fsp3) is 0.208. The van der Waals surface area contributed by atoms with Crippen LogP contribution >= 0.6 is 0 Å². The summed E-state index contributed by atoms with van der Waals surface area (Å²) in [6.07, 6.45) is -0.0992. The van der Waals surface area contributed by atoms with Crippen molar-refractivity contribution in [2.24, 2.45) is 0 Å². The van der Waals surface area contributed by atoms with Crippen molar-refractivity contribution in [1.29, 1.82) is 0 Å². The molecule has 154 valence electrons. The van der Waals surface area contributed by atoms with E-state index in [0.29, 0.717) is 22.4 Å². The van der Waals surface area contributed by atoms with Crippen LogP contribution in [0, 0.1) is 5.82 Å². The Balaban J connectivity index is 1.54. The number of carboxylic acid groups (broad SMARTS) is 1. The Morgan fingerprint density at radius 1 is 1.10 bits per heavy atom. The summed E-state index contributed by atoms with van der Waals surface area (Å²) in [5.41, 5.74) is 3.43. The lowest BCUT2D eigenvalue weighted by molar-refractivity contribution is -0.139. The molecule has 3 N–H and O–H groups in total. The minimum absolute atomic E-state index is 0.00332. The summed E-state index contributed by atoms with van der Waals surface area (Å²) >= 11 is 0. The van der Waals surface area contributed by atoms with Crippen molar-refractivity contribution in [3.8, 4) is 22.6 Å². The fourth-order valence-electron chi connectivity index (χ4n) is 3.72. The van der Waals surface area contributed by atoms with Gasteiger partial charge in [0.2, 0.25) is 0 Å². The number of aromatic hydroxyl groups is 1. The molecule has 0 saturated carbocycles. The third-order valence-corrected chi connectivity index (χ3v) is 5.33. The second kappa shape index (κ2) is 8.16. The van der Waals surface area contributed by atoms with Crippen molar-refractivity contribution in [2.45, 2.75) is 31.5 Å². The number of halogens is 1. The number of aliphatic carboxylic acids is 1. The lowest BCUT2D eigenvalue weighted by Gasteiger charge is -2.27. The highest BCUT2D eigenvalue weighted by Crippen LogP contribution is 2.37. The Morgan fingerprint density at radius 3 is 2.60 bits per heavy atom. The number of aryl methyl sites for hydroxylation is 1. The van der Waals surface area contributed by atoms with Crippen molar-refractivity contribution in [3.63, 3.8) is 0 Å². The topological polar surface area (TPSA) is 87.0 Å². The summed E-state index contributed by atoms with van der Waals surface area (Å²) < 4.78 is 20.2. The molecule has 0 amide bonds. The van der Waals surface area contributed by atoms with E-state index in [4.69, 9.17) is 9.84 Å². The van der Waals surface area contributed by atoms with E-state index in [9.17, 15) is 19.4 Å². The number of carboxylic acids is 1. The smallest absolute Gasteiger partial charge is 0.306 e. The zero-order chi connectivity index (χ0) is 21.3. The van der Waals surface area contributed by atoms with Crippen molar-refractivity contribution < 1.29 is 29.2 Å². The summed E-state index contributed by atoms with van der Waals surface area (Å²) in [5, 5.41) is 28.6. The van der Waals surface area contributed by atoms with E-state index in [1.54, 1.807) is 24.3 Å². The maximum atomic E-state index is 14.1. The van der Waals surface area contributed by atoms with Gasteiger partial charge < -0.3 is 20.1 Å². The monoisotopic (exact) mass is 408 g/mol. The van der Waals surface area contributed by atoms with E-state index in [-0.39, 0.29) is 18.3 Å². The summed E-state index contributed by atoms with van der Waals surface area (Å²) in [6.45, 7) is 0. The van der Waals surface area contributed by atoms with Gasteiger partial charge in [0.05, 0.1) is 12.5 Å². The van der Waals surface area contributed by atoms with Crippen LogP contribution in [0.15, 0.2) is 60.7 Å². The van der Waals surface area contributed by atoms with Crippen LogP contribution in [-0.2, 0) is 11.2 Å². The van der Waals surface area contributed by atoms with Crippen molar-refractivity contribution >= 4 is 5.97 Å². The van der Waals surface area contributed by atoms with Gasteiger partial charge in [-0.3, -0.25) is 4.79 Å². The summed E-state index contributed by atoms with van der Waals surface area (Å²) in [6, 6.07) is 16.5. The molecule has 30 heavy (non-hydrogen) atoms. The standard InChI is InChI=1S/C24H21FO5/c25-20-9-8-18(26)12-19(20)14-1-3-15(4-2-14)22-10-7-16-5-6-17(11-23(16)30-22)21(27)13-24(28)29/h1-6,8-9,11-12,21-22,26-27H,7,10,13H2,(H,28,29)/t21-,22?/m1/s1. The second-order valence-electron chi connectivity index (χ2n) is 7.41. The number of phenols is 1. The Labute approximate surface area is 173 Å². The van der Waals surface area contributed by atoms with Gasteiger partial charge in [0.1, 0.15) is 23.4 Å². The molecule has 1 unspecified atom stereocenters. The predicted octanol–water partition coefficient (Wildman–Crippen LogP) is 4.77. The number of fused-ring (bicyclic) bond motifs is 1. The molecule has 0 aromatic heterocycles. The van der Waals surface area contributed by atoms with Crippen LogP contribution < -0.4 is 4.74 Å². The molecule has 0 saturated heterocycles. The molecule has 1 aliphatic heterocycles. The van der Waals surface area contributed by atoms with Crippen LogP contribution in [0.2, 0.25) is 0 Å². The van der Waals surface area contributed by atoms with Gasteiger partial charge in [-0.05, 0) is 59.4 Å². The van der Waals surface area contributed by atoms with Gasteiger partial charge in [-0.2, -0.15) is 0 Å². The van der Waals surface area contributed by atoms with Gasteiger partial charge in [0, 0.05) is 5.56 Å². The highest BCUT2D eigenvalue weighted by atomic mass is 19.1. The number of hydrogen-bond acceptors (Lipinski definition) is 4. The largest absolute Gasteiger partial charge is 0.508 e. The van der Waals surface area contributed by atoms with Gasteiger partial charge in [-0.1, -0.05) is 36.4 Å². The van der Waals surface area contributed by atoms with Gasteiger partial charge in [-0.25, -0.2) is 4.39 Å². The third-order valence-electron chi connectivity index (χ3n) is 5.33. The molecule has 1 aliphatic rings. The summed E-state index contributed by atoms with van der Waals surface area (Å²) in [5.74, 6) is -0.835. The van der Waals surface area contributed by atoms with Crippen LogP contribution in [0.1, 0.15) is 41.7 Å². The first-order valence-electron chi connectivity index (χ1n) is 9.69. The number of carbonyl (C=O) groups is 1. The Bertz CT molecular complexity index is 1080. The number of hydrogen-bond donors (Lipinski definition) is 3. The number of benzene rings is 3. The molecule has 2 atom stereocenters. The number of aliphatic hydroxyl groups is 1. The van der Waals surface area contributed by atoms with Crippen LogP contribution in [-0.4, -0.2) is 21.3 Å². The molecular weight excluding hydrogens is 387 g/mol. The van der Waals surface area contributed by atoms with E-state index in [1.165, 1.54) is 18.2 Å². The molecule has 1 heterocycles. The van der Waals surface area contributed by atoms with E-state index in [1.807, 2.05) is 18.2 Å². The Morgan fingerprint density at radius 2 is 1.87 bits per heavy atom. The molecule has 0 radical (unpaired) electrons. The lowest BCUT2D eigenvalue weighted by Crippen LogP contribution is -2.16. The minimum atomic E-state index is -1.09. The van der Waals surface area contributed by atoms with Gasteiger partial charge in [0.15, 0.2) is 0 Å². The van der Waals surface area contributed by atoms with Crippen LogP contribution in [0.4, 0.5) is 4.39 Å². The first kappa shape index (κ1) is 19.9. The van der Waals surface area contributed by atoms with E-state index < -0.39 is 17.9 Å². The second-order valence-corrected chi connectivity index (χ2v) is 7.41. The molecule has 0 bridgehead atoms. The van der Waals surface area contributed by atoms with Crippen LogP contribution in [0.25, 0.3) is 11.1 Å². The first-order valence-corrected chi connectivity index (χ1v) is 9.69. The van der Waals surface area contributed by atoms with E-state index >= 15 is 0 Å². The highest BCUT2D eigenvalue weighted by Gasteiger charge is 2.23. The van der Waals surface area contributed by atoms with Crippen molar-refractivity contribution in [3.05, 3.63) is 83.2 Å². The Kier molecular flexibility index (Phi) is 5.42. The zero-order valence-corrected chi connectivity index (χ0v) is 16.1. The average Bonchev–Trinajstić information content (AvgIpc) is 2.74. The quantitative estimate of drug-likeness (QED) is 0.566.